The molecule has 2 fully saturated rings. The number of piperazine rings is 1. The lowest BCUT2D eigenvalue weighted by Crippen LogP contribution is -2.49. The first-order valence-electron chi connectivity index (χ1n) is 8.62. The molecule has 0 bridgehead atoms. The van der Waals surface area contributed by atoms with Crippen LogP contribution in [0.2, 0.25) is 0 Å². The molecule has 0 unspecified atom stereocenters. The van der Waals surface area contributed by atoms with E-state index in [1.807, 2.05) is 4.90 Å². The van der Waals surface area contributed by atoms with Crippen LogP contribution in [0.3, 0.4) is 0 Å². The molecule has 11 heteroatoms. The Morgan fingerprint density at radius 1 is 1.00 bits per heavy atom. The number of hydrogen-bond acceptors (Lipinski definition) is 6. The number of anilines is 2. The molecule has 2 aliphatic rings. The van der Waals surface area contributed by atoms with E-state index in [-0.39, 0.29) is 13.1 Å². The van der Waals surface area contributed by atoms with Gasteiger partial charge in [0.2, 0.25) is 16.0 Å². The summed E-state index contributed by atoms with van der Waals surface area (Å²) in [5.74, 6) is 0.484. The van der Waals surface area contributed by atoms with Gasteiger partial charge < -0.3 is 9.80 Å². The van der Waals surface area contributed by atoms with Crippen LogP contribution < -0.4 is 9.80 Å². The predicted octanol–water partition coefficient (Wildman–Crippen LogP) is 1.48. The van der Waals surface area contributed by atoms with Crippen molar-refractivity contribution in [1.29, 1.82) is 0 Å². The van der Waals surface area contributed by atoms with Crippen molar-refractivity contribution in [2.75, 3.05) is 54.8 Å². The van der Waals surface area contributed by atoms with Crippen molar-refractivity contribution < 1.29 is 21.6 Å². The first-order valence-corrected chi connectivity index (χ1v) is 10.2. The minimum Gasteiger partial charge on any atom is -0.354 e. The minimum atomic E-state index is -4.47. The average Bonchev–Trinajstić information content (AvgIpc) is 3.15. The van der Waals surface area contributed by atoms with Gasteiger partial charge in [0.25, 0.3) is 0 Å². The van der Waals surface area contributed by atoms with Gasteiger partial charge in [0.1, 0.15) is 5.82 Å². The molecule has 0 aliphatic carbocycles. The van der Waals surface area contributed by atoms with Crippen molar-refractivity contribution in [2.24, 2.45) is 0 Å². The summed E-state index contributed by atoms with van der Waals surface area (Å²) >= 11 is 0. The van der Waals surface area contributed by atoms with Gasteiger partial charge in [0.15, 0.2) is 0 Å². The normalized spacial score (nSPS) is 20.0. The summed E-state index contributed by atoms with van der Waals surface area (Å²) in [6.45, 7) is 2.94. The Balaban J connectivity index is 1.59. The second-order valence-electron chi connectivity index (χ2n) is 6.48. The number of aromatic nitrogens is 2. The van der Waals surface area contributed by atoms with Crippen molar-refractivity contribution >= 4 is 21.8 Å². The van der Waals surface area contributed by atoms with Crippen molar-refractivity contribution in [2.45, 2.75) is 25.4 Å². The number of nitrogens with zero attached hydrogens (tertiary/aromatic N) is 5. The van der Waals surface area contributed by atoms with E-state index < -0.39 is 28.4 Å². The first kappa shape index (κ1) is 19.2. The molecule has 3 rings (SSSR count). The molecule has 7 nitrogen and oxygen atoms in total. The van der Waals surface area contributed by atoms with Crippen LogP contribution in [0, 0.1) is 0 Å². The van der Waals surface area contributed by atoms with Crippen LogP contribution in [0.4, 0.5) is 24.9 Å². The standard InChI is InChI=1S/C15H22F3N5O2S/c16-15(17,18)4-12-26(24,25)23-10-8-21(9-11-23)13-3-5-19-14(20-13)22-6-1-2-7-22/h3,5H,1-2,4,6-12H2. The van der Waals surface area contributed by atoms with E-state index in [1.54, 1.807) is 12.3 Å². The topological polar surface area (TPSA) is 69.6 Å². The monoisotopic (exact) mass is 393 g/mol. The molecule has 1 aromatic heterocycles. The van der Waals surface area contributed by atoms with E-state index in [1.165, 1.54) is 0 Å². The maximum Gasteiger partial charge on any atom is 0.390 e. The number of alkyl halides is 3. The highest BCUT2D eigenvalue weighted by molar-refractivity contribution is 7.89. The lowest BCUT2D eigenvalue weighted by atomic mass is 10.3. The Hall–Kier alpha value is -1.62. The van der Waals surface area contributed by atoms with E-state index in [2.05, 4.69) is 14.9 Å². The molecule has 0 amide bonds. The highest BCUT2D eigenvalue weighted by Gasteiger charge is 2.34. The van der Waals surface area contributed by atoms with E-state index in [9.17, 15) is 21.6 Å². The summed E-state index contributed by atoms with van der Waals surface area (Å²) < 4.78 is 62.2. The summed E-state index contributed by atoms with van der Waals surface area (Å²) in [7, 11) is -3.90. The van der Waals surface area contributed by atoms with E-state index >= 15 is 0 Å². The Kier molecular flexibility index (Phi) is 5.56. The molecule has 3 heterocycles. The highest BCUT2D eigenvalue weighted by Crippen LogP contribution is 2.23. The van der Waals surface area contributed by atoms with Crippen LogP contribution in [0.15, 0.2) is 12.3 Å². The van der Waals surface area contributed by atoms with E-state index in [0.717, 1.165) is 30.2 Å². The second-order valence-corrected chi connectivity index (χ2v) is 8.56. The van der Waals surface area contributed by atoms with E-state index in [0.29, 0.717) is 24.9 Å². The highest BCUT2D eigenvalue weighted by atomic mass is 32.2. The van der Waals surface area contributed by atoms with Crippen molar-refractivity contribution in [3.05, 3.63) is 12.3 Å². The van der Waals surface area contributed by atoms with Gasteiger partial charge in [-0.2, -0.15) is 22.5 Å². The van der Waals surface area contributed by atoms with Gasteiger partial charge in [-0.3, -0.25) is 0 Å². The van der Waals surface area contributed by atoms with Gasteiger partial charge in [0, 0.05) is 45.5 Å². The summed E-state index contributed by atoms with van der Waals surface area (Å²) in [5, 5.41) is 0. The third-order valence-corrected chi connectivity index (χ3v) is 6.49. The number of sulfonamides is 1. The van der Waals surface area contributed by atoms with E-state index in [4.69, 9.17) is 0 Å². The van der Waals surface area contributed by atoms with Gasteiger partial charge in [-0.05, 0) is 18.9 Å². The molecule has 146 valence electrons. The Bertz CT molecular complexity index is 714. The fraction of sp³-hybridized carbons (Fsp3) is 0.733. The summed E-state index contributed by atoms with van der Waals surface area (Å²) in [6, 6.07) is 1.77. The zero-order chi connectivity index (χ0) is 18.8. The van der Waals surface area contributed by atoms with Gasteiger partial charge in [-0.15, -0.1) is 0 Å². The Morgan fingerprint density at radius 2 is 1.65 bits per heavy atom. The third-order valence-electron chi connectivity index (χ3n) is 4.62. The molecule has 0 aromatic carbocycles. The summed E-state index contributed by atoms with van der Waals surface area (Å²) in [5.41, 5.74) is 0. The lowest BCUT2D eigenvalue weighted by Gasteiger charge is -2.35. The second kappa shape index (κ2) is 7.55. The van der Waals surface area contributed by atoms with Crippen molar-refractivity contribution in [3.8, 4) is 0 Å². The fourth-order valence-electron chi connectivity index (χ4n) is 3.15. The Labute approximate surface area is 150 Å². The molecular formula is C15H22F3N5O2S. The fourth-order valence-corrected chi connectivity index (χ4v) is 4.62. The molecular weight excluding hydrogens is 371 g/mol. The van der Waals surface area contributed by atoms with Crippen LogP contribution in [-0.2, 0) is 10.0 Å². The van der Waals surface area contributed by atoms with Crippen molar-refractivity contribution in [3.63, 3.8) is 0 Å². The molecule has 0 atom stereocenters. The molecule has 2 saturated heterocycles. The van der Waals surface area contributed by atoms with Gasteiger partial charge in [-0.25, -0.2) is 13.4 Å². The molecule has 1 aromatic rings. The van der Waals surface area contributed by atoms with Gasteiger partial charge in [0.05, 0.1) is 12.2 Å². The maximum atomic E-state index is 12.3. The molecule has 26 heavy (non-hydrogen) atoms. The number of rotatable bonds is 5. The quantitative estimate of drug-likeness (QED) is 0.755. The number of hydrogen-bond donors (Lipinski definition) is 0. The van der Waals surface area contributed by atoms with Gasteiger partial charge in [-0.1, -0.05) is 0 Å². The minimum absolute atomic E-state index is 0.156. The smallest absolute Gasteiger partial charge is 0.354 e. The zero-order valence-electron chi connectivity index (χ0n) is 14.3. The largest absolute Gasteiger partial charge is 0.390 e. The van der Waals surface area contributed by atoms with Gasteiger partial charge >= 0.3 is 6.18 Å². The summed E-state index contributed by atoms with van der Waals surface area (Å²) in [4.78, 5) is 12.9. The third kappa shape index (κ3) is 4.76. The SMILES string of the molecule is O=S(=O)(CCC(F)(F)F)N1CCN(c2ccnc(N3CCCC3)n2)CC1. The zero-order valence-corrected chi connectivity index (χ0v) is 15.1. The molecule has 2 aliphatic heterocycles. The van der Waals surface area contributed by atoms with Crippen LogP contribution in [0.5, 0.6) is 0 Å². The predicted molar refractivity (Wildman–Crippen MR) is 91.7 cm³/mol. The maximum absolute atomic E-state index is 12.3. The van der Waals surface area contributed by atoms with Crippen LogP contribution in [0.1, 0.15) is 19.3 Å². The molecule has 0 radical (unpaired) electrons. The van der Waals surface area contributed by atoms with Crippen LogP contribution >= 0.6 is 0 Å². The van der Waals surface area contributed by atoms with Crippen LogP contribution in [-0.4, -0.2) is 73.9 Å². The molecule has 0 saturated carbocycles. The van der Waals surface area contributed by atoms with Crippen molar-refractivity contribution in [1.82, 2.24) is 14.3 Å². The average molecular weight is 393 g/mol. The molecule has 0 spiro atoms. The van der Waals surface area contributed by atoms with Crippen LogP contribution in [0.25, 0.3) is 0 Å². The Morgan fingerprint density at radius 3 is 2.27 bits per heavy atom. The molecule has 0 N–H and O–H groups in total. The summed E-state index contributed by atoms with van der Waals surface area (Å²) in [6.07, 6.45) is -1.88. The first-order chi connectivity index (χ1) is 12.2. The lowest BCUT2D eigenvalue weighted by molar-refractivity contribution is -0.130. The number of halogens is 3.